The summed E-state index contributed by atoms with van der Waals surface area (Å²) in [6.45, 7) is 2.96. The number of thiazole rings is 1. The summed E-state index contributed by atoms with van der Waals surface area (Å²) < 4.78 is 137. The van der Waals surface area contributed by atoms with Crippen LogP contribution in [0.4, 0.5) is 24.5 Å². The van der Waals surface area contributed by atoms with Crippen molar-refractivity contribution in [3.05, 3.63) is 63.9 Å². The Balaban J connectivity index is 1.84. The molecule has 2 heterocycles. The second kappa shape index (κ2) is 13.9. The number of benzene rings is 2. The van der Waals surface area contributed by atoms with Crippen LogP contribution >= 0.6 is 22.9 Å². The molecule has 260 valence electrons. The monoisotopic (exact) mass is 767 g/mol. The standard InChI is InChI=1S/C28H28ClF3N4O8S4/c1-3-34-21-14-19(17-33)25(47(40,41)28(30,31)32)16-22(21)35(12-10-18(2)48(42,43)44)26(34)6-4-7-27-36(11-5-13-46(37,38)39)23-15-20(29)8-9-24(23)45-27/h4,6-9,14-16,18H,3,5,10-13H2,1-2H3,(H-,37,38,39,42,43,44)/p-1. The fraction of sp³-hybridized carbons (Fsp3) is 0.357. The molecule has 0 radical (unpaired) electrons. The highest BCUT2D eigenvalue weighted by atomic mass is 35.5. The van der Waals surface area contributed by atoms with Gasteiger partial charge in [0, 0.05) is 47.7 Å². The lowest BCUT2D eigenvalue weighted by molar-refractivity contribution is -0.668. The van der Waals surface area contributed by atoms with Crippen LogP contribution in [0.25, 0.3) is 16.3 Å². The maximum absolute atomic E-state index is 13.6. The van der Waals surface area contributed by atoms with Crippen molar-refractivity contribution in [1.29, 1.82) is 5.26 Å². The Labute approximate surface area is 284 Å². The minimum atomic E-state index is -5.97. The van der Waals surface area contributed by atoms with Gasteiger partial charge in [-0.25, -0.2) is 25.3 Å². The largest absolute Gasteiger partial charge is 0.748 e. The molecule has 20 heteroatoms. The molecule has 1 atom stereocenters. The van der Waals surface area contributed by atoms with Crippen LogP contribution in [0, 0.1) is 11.3 Å². The minimum absolute atomic E-state index is 0.00861. The number of hydrogen-bond donors (Lipinski definition) is 0. The maximum atomic E-state index is 13.6. The predicted molar refractivity (Wildman–Crippen MR) is 172 cm³/mol. The molecule has 1 aliphatic heterocycles. The van der Waals surface area contributed by atoms with Crippen molar-refractivity contribution in [2.75, 3.05) is 28.6 Å². The molecule has 0 bridgehead atoms. The molecule has 0 amide bonds. The third-order valence-electron chi connectivity index (χ3n) is 7.45. The first-order valence-corrected chi connectivity index (χ1v) is 19.7. The van der Waals surface area contributed by atoms with Crippen molar-refractivity contribution in [3.8, 4) is 6.07 Å². The molecule has 0 aliphatic carbocycles. The molecule has 4 rings (SSSR count). The fourth-order valence-electron chi connectivity index (χ4n) is 5.06. The second-order valence-electron chi connectivity index (χ2n) is 10.6. The van der Waals surface area contributed by atoms with Gasteiger partial charge in [-0.15, -0.1) is 0 Å². The van der Waals surface area contributed by atoms with E-state index in [0.29, 0.717) is 21.6 Å². The number of halogens is 4. The third kappa shape index (κ3) is 7.96. The van der Waals surface area contributed by atoms with Gasteiger partial charge in [0.25, 0.3) is 14.8 Å². The molecule has 1 aliphatic rings. The Morgan fingerprint density at radius 2 is 1.75 bits per heavy atom. The molecule has 0 N–H and O–H groups in total. The number of nitriles is 1. The van der Waals surface area contributed by atoms with Gasteiger partial charge in [-0.2, -0.15) is 23.0 Å². The van der Waals surface area contributed by atoms with Gasteiger partial charge in [0.05, 0.1) is 42.1 Å². The molecule has 1 aromatic heterocycles. The van der Waals surface area contributed by atoms with Crippen LogP contribution in [0.2, 0.25) is 5.02 Å². The highest BCUT2D eigenvalue weighted by molar-refractivity contribution is 7.92. The van der Waals surface area contributed by atoms with E-state index < -0.39 is 57.0 Å². The number of aromatic nitrogens is 1. The summed E-state index contributed by atoms with van der Waals surface area (Å²) >= 11 is 7.50. The zero-order chi connectivity index (χ0) is 35.8. The highest BCUT2D eigenvalue weighted by Gasteiger charge is 2.49. The molecule has 48 heavy (non-hydrogen) atoms. The fourth-order valence-corrected chi connectivity index (χ4v) is 8.10. The van der Waals surface area contributed by atoms with Gasteiger partial charge >= 0.3 is 5.51 Å². The highest BCUT2D eigenvalue weighted by Crippen LogP contribution is 2.46. The van der Waals surface area contributed by atoms with Crippen LogP contribution in [-0.4, -0.2) is 64.0 Å². The van der Waals surface area contributed by atoms with E-state index in [0.717, 1.165) is 10.8 Å². The molecule has 0 fully saturated rings. The number of hydrogen-bond acceptors (Lipinski definition) is 12. The van der Waals surface area contributed by atoms with E-state index in [1.54, 1.807) is 46.7 Å². The lowest BCUT2D eigenvalue weighted by Crippen LogP contribution is -2.36. The number of rotatable bonds is 12. The summed E-state index contributed by atoms with van der Waals surface area (Å²) in [6.07, 6.45) is 4.49. The SMILES string of the molecule is CCN1C(=CC=Cc2sc3ccc(Cl)cc3[n+]2CCCS(=O)(=O)[O-])N(CCC(C)S(=O)(=O)[O-])c2cc(S(=O)(=O)C(F)(F)F)c(C#N)cc21. The van der Waals surface area contributed by atoms with Crippen molar-refractivity contribution in [3.63, 3.8) is 0 Å². The zero-order valence-corrected chi connectivity index (χ0v) is 29.2. The lowest BCUT2D eigenvalue weighted by atomic mass is 10.1. The van der Waals surface area contributed by atoms with Gasteiger partial charge in [-0.05, 0) is 50.6 Å². The molecule has 0 saturated heterocycles. The van der Waals surface area contributed by atoms with Crippen LogP contribution in [0.15, 0.2) is 53.2 Å². The van der Waals surface area contributed by atoms with E-state index in [1.807, 2.05) is 0 Å². The number of sulfone groups is 1. The molecule has 0 saturated carbocycles. The lowest BCUT2D eigenvalue weighted by Gasteiger charge is -2.26. The predicted octanol–water partition coefficient (Wildman–Crippen LogP) is 4.47. The molecule has 2 aromatic carbocycles. The van der Waals surface area contributed by atoms with Gasteiger partial charge in [-0.3, -0.25) is 0 Å². The van der Waals surface area contributed by atoms with Crippen LogP contribution in [0.1, 0.15) is 37.3 Å². The van der Waals surface area contributed by atoms with Crippen molar-refractivity contribution in [1.82, 2.24) is 0 Å². The molecular formula is C28H27ClF3N4O8S4-. The first-order valence-electron chi connectivity index (χ1n) is 14.0. The van der Waals surface area contributed by atoms with Gasteiger partial charge in [-0.1, -0.05) is 29.0 Å². The van der Waals surface area contributed by atoms with E-state index in [2.05, 4.69) is 0 Å². The number of aryl methyl sites for hydroxylation is 1. The van der Waals surface area contributed by atoms with E-state index in [9.17, 15) is 52.8 Å². The first kappa shape index (κ1) is 37.6. The Morgan fingerprint density at radius 3 is 2.33 bits per heavy atom. The van der Waals surface area contributed by atoms with E-state index >= 15 is 0 Å². The van der Waals surface area contributed by atoms with Gasteiger partial charge in [0.2, 0.25) is 5.52 Å². The number of nitrogens with zero attached hydrogens (tertiary/aromatic N) is 4. The molecule has 0 spiro atoms. The van der Waals surface area contributed by atoms with E-state index in [-0.39, 0.29) is 49.7 Å². The zero-order valence-electron chi connectivity index (χ0n) is 25.1. The smallest absolute Gasteiger partial charge is 0.501 e. The van der Waals surface area contributed by atoms with E-state index in [1.165, 1.54) is 35.3 Å². The summed E-state index contributed by atoms with van der Waals surface area (Å²) in [7, 11) is -15.2. The van der Waals surface area contributed by atoms with Crippen molar-refractivity contribution in [2.24, 2.45) is 0 Å². The average Bonchev–Trinajstić information content (AvgIpc) is 3.46. The third-order valence-corrected chi connectivity index (χ3v) is 12.3. The van der Waals surface area contributed by atoms with Crippen LogP contribution < -0.4 is 14.4 Å². The molecular weight excluding hydrogens is 741 g/mol. The van der Waals surface area contributed by atoms with Gasteiger partial charge in [0.1, 0.15) is 16.6 Å². The Hall–Kier alpha value is -3.25. The van der Waals surface area contributed by atoms with Crippen LogP contribution in [0.3, 0.4) is 0 Å². The summed E-state index contributed by atoms with van der Waals surface area (Å²) in [5.74, 6) is -0.323. The summed E-state index contributed by atoms with van der Waals surface area (Å²) in [4.78, 5) is 1.68. The first-order chi connectivity index (χ1) is 22.2. The second-order valence-corrected chi connectivity index (χ2v) is 17.3. The number of alkyl halides is 3. The molecule has 12 nitrogen and oxygen atoms in total. The minimum Gasteiger partial charge on any atom is -0.748 e. The number of fused-ring (bicyclic) bond motifs is 2. The van der Waals surface area contributed by atoms with Crippen LogP contribution in [-0.2, 0) is 36.6 Å². The number of anilines is 2. The summed E-state index contributed by atoms with van der Waals surface area (Å²) in [5.41, 5.74) is -5.67. The Morgan fingerprint density at radius 1 is 1.08 bits per heavy atom. The van der Waals surface area contributed by atoms with Crippen molar-refractivity contribution >= 4 is 80.7 Å². The maximum Gasteiger partial charge on any atom is 0.501 e. The number of allylic oxidation sites excluding steroid dienone is 2. The summed E-state index contributed by atoms with van der Waals surface area (Å²) in [6, 6.07) is 8.35. The van der Waals surface area contributed by atoms with Gasteiger partial charge < -0.3 is 18.9 Å². The van der Waals surface area contributed by atoms with Gasteiger partial charge in [0.15, 0.2) is 6.54 Å². The van der Waals surface area contributed by atoms with Crippen molar-refractivity contribution in [2.45, 2.75) is 48.9 Å². The Bertz CT molecular complexity index is 2180. The normalized spacial score (nSPS) is 15.9. The Kier molecular flexibility index (Phi) is 10.9. The molecule has 3 aromatic rings. The van der Waals surface area contributed by atoms with E-state index in [4.69, 9.17) is 11.6 Å². The van der Waals surface area contributed by atoms with Crippen LogP contribution in [0.5, 0.6) is 0 Å². The van der Waals surface area contributed by atoms with Crippen molar-refractivity contribution < 1.29 is 52.1 Å². The molecule has 1 unspecified atom stereocenters. The quantitative estimate of drug-likeness (QED) is 0.187. The summed E-state index contributed by atoms with van der Waals surface area (Å²) in [5, 5.41) is 9.24. The average molecular weight is 768 g/mol. The topological polar surface area (TPSA) is 183 Å².